The van der Waals surface area contributed by atoms with E-state index in [1.54, 1.807) is 0 Å². The van der Waals surface area contributed by atoms with Gasteiger partial charge in [-0.25, -0.2) is 0 Å². The van der Waals surface area contributed by atoms with E-state index in [1.807, 2.05) is 0 Å². The molecular formula is C13H24O. The third kappa shape index (κ3) is 1.41. The first-order valence-electron chi connectivity index (χ1n) is 6.24. The van der Waals surface area contributed by atoms with E-state index in [1.165, 1.54) is 32.1 Å². The molecule has 0 spiro atoms. The Balaban J connectivity index is 2.21. The molecule has 82 valence electrons. The zero-order valence-electron chi connectivity index (χ0n) is 9.79. The molecule has 0 aromatic rings. The molecule has 3 unspecified atom stereocenters. The molecule has 2 aliphatic carbocycles. The summed E-state index contributed by atoms with van der Waals surface area (Å²) in [5.74, 6) is 1.89. The minimum absolute atomic E-state index is 0.0608. The number of aliphatic hydroxyl groups excluding tert-OH is 1. The second-order valence-electron chi connectivity index (χ2n) is 5.94. The van der Waals surface area contributed by atoms with Gasteiger partial charge in [-0.3, -0.25) is 0 Å². The summed E-state index contributed by atoms with van der Waals surface area (Å²) >= 11 is 0. The molecule has 0 aromatic heterocycles. The molecule has 2 fully saturated rings. The van der Waals surface area contributed by atoms with Crippen LogP contribution in [0.25, 0.3) is 0 Å². The van der Waals surface area contributed by atoms with Crippen LogP contribution in [0, 0.1) is 23.2 Å². The fourth-order valence-electron chi connectivity index (χ4n) is 3.89. The Morgan fingerprint density at radius 3 is 2.64 bits per heavy atom. The van der Waals surface area contributed by atoms with E-state index in [0.717, 1.165) is 5.92 Å². The summed E-state index contributed by atoms with van der Waals surface area (Å²) in [5, 5.41) is 10.2. The minimum Gasteiger partial charge on any atom is -0.393 e. The average molecular weight is 196 g/mol. The van der Waals surface area contributed by atoms with Crippen LogP contribution in [0.3, 0.4) is 0 Å². The van der Waals surface area contributed by atoms with Gasteiger partial charge in [0.25, 0.3) is 0 Å². The van der Waals surface area contributed by atoms with Crippen molar-refractivity contribution in [2.24, 2.45) is 23.2 Å². The molecule has 0 amide bonds. The van der Waals surface area contributed by atoms with Crippen molar-refractivity contribution < 1.29 is 5.11 Å². The largest absolute Gasteiger partial charge is 0.393 e. The first-order valence-corrected chi connectivity index (χ1v) is 6.24. The van der Waals surface area contributed by atoms with Crippen LogP contribution in [0.4, 0.5) is 0 Å². The SMILES string of the molecule is CC1[C@@H](O)[C@@H](C)CC2CCCCC21C. The van der Waals surface area contributed by atoms with Gasteiger partial charge in [0.15, 0.2) is 0 Å². The van der Waals surface area contributed by atoms with Gasteiger partial charge in [-0.15, -0.1) is 0 Å². The highest BCUT2D eigenvalue weighted by molar-refractivity contribution is 4.98. The maximum absolute atomic E-state index is 10.2. The van der Waals surface area contributed by atoms with Gasteiger partial charge in [0.1, 0.15) is 0 Å². The molecule has 2 saturated carbocycles. The van der Waals surface area contributed by atoms with Crippen molar-refractivity contribution in [3.63, 3.8) is 0 Å². The quantitative estimate of drug-likeness (QED) is 0.630. The van der Waals surface area contributed by atoms with Crippen molar-refractivity contribution in [3.05, 3.63) is 0 Å². The Labute approximate surface area is 87.9 Å². The van der Waals surface area contributed by atoms with Crippen LogP contribution in [-0.2, 0) is 0 Å². The summed E-state index contributed by atoms with van der Waals surface area (Å²) in [6.07, 6.45) is 6.71. The van der Waals surface area contributed by atoms with Gasteiger partial charge in [0, 0.05) is 0 Å². The molecule has 2 aliphatic rings. The number of hydrogen-bond acceptors (Lipinski definition) is 1. The molecule has 1 nitrogen and oxygen atoms in total. The van der Waals surface area contributed by atoms with E-state index in [4.69, 9.17) is 0 Å². The molecule has 1 N–H and O–H groups in total. The van der Waals surface area contributed by atoms with Gasteiger partial charge >= 0.3 is 0 Å². The Bertz CT molecular complexity index is 209. The number of aliphatic hydroxyl groups is 1. The molecule has 2 rings (SSSR count). The maximum atomic E-state index is 10.2. The predicted molar refractivity (Wildman–Crippen MR) is 59.0 cm³/mol. The first kappa shape index (κ1) is 10.5. The van der Waals surface area contributed by atoms with Crippen LogP contribution in [0.15, 0.2) is 0 Å². The third-order valence-electron chi connectivity index (χ3n) is 5.24. The molecular weight excluding hydrogens is 172 g/mol. The van der Waals surface area contributed by atoms with Crippen molar-refractivity contribution in [2.75, 3.05) is 0 Å². The minimum atomic E-state index is -0.0608. The smallest absolute Gasteiger partial charge is 0.0596 e. The lowest BCUT2D eigenvalue weighted by Gasteiger charge is -2.53. The number of hydrogen-bond donors (Lipinski definition) is 1. The van der Waals surface area contributed by atoms with E-state index in [-0.39, 0.29) is 6.10 Å². The Hall–Kier alpha value is -0.0400. The van der Waals surface area contributed by atoms with E-state index < -0.39 is 0 Å². The van der Waals surface area contributed by atoms with Gasteiger partial charge in [0.05, 0.1) is 6.10 Å². The van der Waals surface area contributed by atoms with Crippen molar-refractivity contribution in [1.29, 1.82) is 0 Å². The van der Waals surface area contributed by atoms with Gasteiger partial charge < -0.3 is 5.11 Å². The predicted octanol–water partition coefficient (Wildman–Crippen LogP) is 3.22. The summed E-state index contributed by atoms with van der Waals surface area (Å²) in [6, 6.07) is 0. The zero-order chi connectivity index (χ0) is 10.3. The summed E-state index contributed by atoms with van der Waals surface area (Å²) in [6.45, 7) is 6.89. The van der Waals surface area contributed by atoms with Crippen molar-refractivity contribution in [1.82, 2.24) is 0 Å². The third-order valence-corrected chi connectivity index (χ3v) is 5.24. The van der Waals surface area contributed by atoms with Crippen molar-refractivity contribution in [3.8, 4) is 0 Å². The van der Waals surface area contributed by atoms with Crippen molar-refractivity contribution in [2.45, 2.75) is 59.0 Å². The summed E-state index contributed by atoms with van der Waals surface area (Å²) < 4.78 is 0. The Morgan fingerprint density at radius 2 is 1.93 bits per heavy atom. The van der Waals surface area contributed by atoms with Crippen LogP contribution < -0.4 is 0 Å². The summed E-state index contributed by atoms with van der Waals surface area (Å²) in [7, 11) is 0. The van der Waals surface area contributed by atoms with Gasteiger partial charge in [0.2, 0.25) is 0 Å². The molecule has 0 saturated heterocycles. The van der Waals surface area contributed by atoms with E-state index in [0.29, 0.717) is 17.3 Å². The highest BCUT2D eigenvalue weighted by atomic mass is 16.3. The van der Waals surface area contributed by atoms with E-state index in [9.17, 15) is 5.11 Å². The molecule has 0 aliphatic heterocycles. The average Bonchev–Trinajstić information content (AvgIpc) is 2.17. The van der Waals surface area contributed by atoms with Crippen molar-refractivity contribution >= 4 is 0 Å². The zero-order valence-corrected chi connectivity index (χ0v) is 9.79. The van der Waals surface area contributed by atoms with Crippen LogP contribution in [0.2, 0.25) is 0 Å². The van der Waals surface area contributed by atoms with Crippen LogP contribution in [0.5, 0.6) is 0 Å². The standard InChI is InChI=1S/C13H24O/c1-9-8-11-6-4-5-7-13(11,3)10(2)12(9)14/h9-12,14H,4-8H2,1-3H3/t9-,10?,11?,12-,13?/m0/s1. The highest BCUT2D eigenvalue weighted by Crippen LogP contribution is 2.54. The second-order valence-corrected chi connectivity index (χ2v) is 5.94. The van der Waals surface area contributed by atoms with Gasteiger partial charge in [-0.1, -0.05) is 33.6 Å². The number of fused-ring (bicyclic) bond motifs is 1. The molecule has 1 heteroatoms. The van der Waals surface area contributed by atoms with Crippen LogP contribution in [0.1, 0.15) is 52.9 Å². The lowest BCUT2D eigenvalue weighted by Crippen LogP contribution is -2.49. The maximum Gasteiger partial charge on any atom is 0.0596 e. The lowest BCUT2D eigenvalue weighted by atomic mass is 9.53. The molecule has 0 bridgehead atoms. The van der Waals surface area contributed by atoms with Gasteiger partial charge in [-0.05, 0) is 42.4 Å². The molecule has 0 heterocycles. The van der Waals surface area contributed by atoms with E-state index in [2.05, 4.69) is 20.8 Å². The monoisotopic (exact) mass is 196 g/mol. The Morgan fingerprint density at radius 1 is 1.21 bits per heavy atom. The molecule has 14 heavy (non-hydrogen) atoms. The topological polar surface area (TPSA) is 20.2 Å². The Kier molecular flexibility index (Phi) is 2.63. The summed E-state index contributed by atoms with van der Waals surface area (Å²) in [4.78, 5) is 0. The lowest BCUT2D eigenvalue weighted by molar-refractivity contribution is -0.0976. The van der Waals surface area contributed by atoms with E-state index >= 15 is 0 Å². The fourth-order valence-corrected chi connectivity index (χ4v) is 3.89. The molecule has 0 radical (unpaired) electrons. The van der Waals surface area contributed by atoms with Gasteiger partial charge in [-0.2, -0.15) is 0 Å². The first-order chi connectivity index (χ1) is 6.55. The normalized spacial score (nSPS) is 54.0. The van der Waals surface area contributed by atoms with Crippen LogP contribution >= 0.6 is 0 Å². The number of rotatable bonds is 0. The fraction of sp³-hybridized carbons (Fsp3) is 1.00. The molecule has 0 aromatic carbocycles. The van der Waals surface area contributed by atoms with Crippen LogP contribution in [-0.4, -0.2) is 11.2 Å². The highest BCUT2D eigenvalue weighted by Gasteiger charge is 2.48. The second kappa shape index (κ2) is 3.52. The summed E-state index contributed by atoms with van der Waals surface area (Å²) in [5.41, 5.74) is 0.435. The molecule has 5 atom stereocenters.